The van der Waals surface area contributed by atoms with E-state index in [2.05, 4.69) is 9.97 Å². The molecule has 0 spiro atoms. The molecule has 5 nitrogen and oxygen atoms in total. The Morgan fingerprint density at radius 2 is 2.17 bits per heavy atom. The van der Waals surface area contributed by atoms with Gasteiger partial charge in [0.05, 0.1) is 24.6 Å². The number of fused-ring (bicyclic) bond motifs is 1. The van der Waals surface area contributed by atoms with Crippen LogP contribution in [-0.2, 0) is 0 Å². The van der Waals surface area contributed by atoms with Crippen molar-refractivity contribution in [3.8, 4) is 17.2 Å². The van der Waals surface area contributed by atoms with E-state index >= 15 is 0 Å². The van der Waals surface area contributed by atoms with E-state index in [0.717, 1.165) is 5.56 Å². The second-order valence-corrected chi connectivity index (χ2v) is 3.79. The minimum atomic E-state index is 0.474. The lowest BCUT2D eigenvalue weighted by atomic mass is 10.2. The number of para-hydroxylation sites is 1. The van der Waals surface area contributed by atoms with E-state index < -0.39 is 0 Å². The average molecular weight is 241 g/mol. The molecule has 2 N–H and O–H groups in total. The monoisotopic (exact) mass is 241 g/mol. The van der Waals surface area contributed by atoms with Crippen LogP contribution in [0.4, 0.5) is 5.69 Å². The third-order valence-corrected chi connectivity index (χ3v) is 2.69. The van der Waals surface area contributed by atoms with Gasteiger partial charge in [0.15, 0.2) is 5.58 Å². The van der Waals surface area contributed by atoms with Crippen molar-refractivity contribution in [3.05, 3.63) is 36.7 Å². The van der Waals surface area contributed by atoms with E-state index in [1.54, 1.807) is 31.6 Å². The van der Waals surface area contributed by atoms with Gasteiger partial charge in [-0.25, -0.2) is 4.98 Å². The number of rotatable bonds is 2. The number of nitrogen functional groups attached to an aromatic ring is 1. The number of pyridine rings is 1. The minimum absolute atomic E-state index is 0.474. The highest BCUT2D eigenvalue weighted by Gasteiger charge is 2.13. The largest absolute Gasteiger partial charge is 0.494 e. The van der Waals surface area contributed by atoms with Gasteiger partial charge in [0.25, 0.3) is 0 Å². The van der Waals surface area contributed by atoms with Gasteiger partial charge in [-0.1, -0.05) is 6.07 Å². The molecule has 3 rings (SSSR count). The van der Waals surface area contributed by atoms with Crippen LogP contribution < -0.4 is 10.5 Å². The van der Waals surface area contributed by atoms with Crippen LogP contribution in [0.25, 0.3) is 22.6 Å². The third-order valence-electron chi connectivity index (χ3n) is 2.69. The lowest BCUT2D eigenvalue weighted by Crippen LogP contribution is -1.89. The molecule has 0 aliphatic rings. The van der Waals surface area contributed by atoms with Crippen molar-refractivity contribution in [1.29, 1.82) is 0 Å². The number of methoxy groups -OCH3 is 1. The fourth-order valence-corrected chi connectivity index (χ4v) is 1.80. The van der Waals surface area contributed by atoms with Crippen molar-refractivity contribution < 1.29 is 9.15 Å². The van der Waals surface area contributed by atoms with E-state index in [9.17, 15) is 0 Å². The lowest BCUT2D eigenvalue weighted by Gasteiger charge is -2.02. The smallest absolute Gasteiger partial charge is 0.231 e. The molecule has 0 atom stereocenters. The minimum Gasteiger partial charge on any atom is -0.494 e. The number of ether oxygens (including phenoxy) is 1. The summed E-state index contributed by atoms with van der Waals surface area (Å²) >= 11 is 0. The highest BCUT2D eigenvalue weighted by molar-refractivity contribution is 5.87. The summed E-state index contributed by atoms with van der Waals surface area (Å²) in [5.74, 6) is 1.09. The van der Waals surface area contributed by atoms with Crippen LogP contribution in [0.2, 0.25) is 0 Å². The first-order chi connectivity index (χ1) is 8.79. The normalized spacial score (nSPS) is 10.7. The third kappa shape index (κ3) is 1.57. The summed E-state index contributed by atoms with van der Waals surface area (Å²) in [6.07, 6.45) is 3.28. The Kier molecular flexibility index (Phi) is 2.37. The summed E-state index contributed by atoms with van der Waals surface area (Å²) in [5, 5.41) is 0. The van der Waals surface area contributed by atoms with Crippen LogP contribution in [0.15, 0.2) is 41.1 Å². The Morgan fingerprint density at radius 3 is 2.94 bits per heavy atom. The van der Waals surface area contributed by atoms with Gasteiger partial charge >= 0.3 is 0 Å². The quantitative estimate of drug-likeness (QED) is 0.697. The zero-order chi connectivity index (χ0) is 12.5. The first-order valence-corrected chi connectivity index (χ1v) is 5.43. The molecular weight excluding hydrogens is 230 g/mol. The Bertz CT molecular complexity index is 706. The molecule has 0 fully saturated rings. The fourth-order valence-electron chi connectivity index (χ4n) is 1.80. The van der Waals surface area contributed by atoms with Crippen molar-refractivity contribution in [2.45, 2.75) is 0 Å². The Morgan fingerprint density at radius 1 is 1.28 bits per heavy atom. The molecule has 0 bridgehead atoms. The van der Waals surface area contributed by atoms with Crippen molar-refractivity contribution in [2.24, 2.45) is 0 Å². The van der Waals surface area contributed by atoms with Crippen LogP contribution >= 0.6 is 0 Å². The summed E-state index contributed by atoms with van der Waals surface area (Å²) < 4.78 is 10.9. The van der Waals surface area contributed by atoms with E-state index in [-0.39, 0.29) is 0 Å². The van der Waals surface area contributed by atoms with Gasteiger partial charge in [-0.3, -0.25) is 4.98 Å². The molecule has 2 aromatic heterocycles. The van der Waals surface area contributed by atoms with Gasteiger partial charge < -0.3 is 14.9 Å². The molecule has 0 saturated carbocycles. The first-order valence-electron chi connectivity index (χ1n) is 5.43. The van der Waals surface area contributed by atoms with Crippen molar-refractivity contribution in [2.75, 3.05) is 12.8 Å². The van der Waals surface area contributed by atoms with Crippen LogP contribution in [0, 0.1) is 0 Å². The number of anilines is 1. The van der Waals surface area contributed by atoms with Gasteiger partial charge in [-0.2, -0.15) is 0 Å². The summed E-state index contributed by atoms with van der Waals surface area (Å²) in [7, 11) is 1.58. The summed E-state index contributed by atoms with van der Waals surface area (Å²) in [6.45, 7) is 0. The van der Waals surface area contributed by atoms with Gasteiger partial charge in [0.2, 0.25) is 5.89 Å². The molecule has 0 aliphatic carbocycles. The molecule has 0 aliphatic heterocycles. The van der Waals surface area contributed by atoms with E-state index in [4.69, 9.17) is 14.9 Å². The maximum atomic E-state index is 5.85. The molecule has 90 valence electrons. The second-order valence-electron chi connectivity index (χ2n) is 3.79. The summed E-state index contributed by atoms with van der Waals surface area (Å²) in [5.41, 5.74) is 8.51. The number of aromatic nitrogens is 2. The molecule has 0 unspecified atom stereocenters. The van der Waals surface area contributed by atoms with Gasteiger partial charge in [0.1, 0.15) is 11.3 Å². The number of benzene rings is 1. The molecule has 0 radical (unpaired) electrons. The summed E-state index contributed by atoms with van der Waals surface area (Å²) in [4.78, 5) is 8.39. The number of hydrogen-bond acceptors (Lipinski definition) is 5. The van der Waals surface area contributed by atoms with Crippen molar-refractivity contribution >= 4 is 16.8 Å². The van der Waals surface area contributed by atoms with E-state index in [1.807, 2.05) is 12.1 Å². The summed E-state index contributed by atoms with van der Waals surface area (Å²) in [6, 6.07) is 7.24. The molecular formula is C13H11N3O2. The molecule has 1 aromatic carbocycles. The molecule has 3 aromatic rings. The van der Waals surface area contributed by atoms with Crippen LogP contribution in [0.3, 0.4) is 0 Å². The molecule has 2 heterocycles. The second kappa shape index (κ2) is 4.03. The zero-order valence-electron chi connectivity index (χ0n) is 9.75. The highest BCUT2D eigenvalue weighted by Crippen LogP contribution is 2.32. The SMILES string of the molecule is COc1cnccc1-c1nc2c(N)cccc2o1. The Hall–Kier alpha value is -2.56. The predicted octanol–water partition coefficient (Wildman–Crippen LogP) is 2.48. The lowest BCUT2D eigenvalue weighted by molar-refractivity contribution is 0.413. The molecule has 0 amide bonds. The topological polar surface area (TPSA) is 74.2 Å². The molecule has 5 heteroatoms. The maximum Gasteiger partial charge on any atom is 0.231 e. The number of nitrogens with two attached hydrogens (primary N) is 1. The predicted molar refractivity (Wildman–Crippen MR) is 68.2 cm³/mol. The number of oxazole rings is 1. The van der Waals surface area contributed by atoms with E-state index in [1.165, 1.54) is 0 Å². The molecule has 0 saturated heterocycles. The maximum absolute atomic E-state index is 5.85. The fraction of sp³-hybridized carbons (Fsp3) is 0.0769. The van der Waals surface area contributed by atoms with Crippen LogP contribution in [0.1, 0.15) is 0 Å². The Labute approximate surface area is 103 Å². The molecule has 18 heavy (non-hydrogen) atoms. The zero-order valence-corrected chi connectivity index (χ0v) is 9.75. The standard InChI is InChI=1S/C13H11N3O2/c1-17-11-7-15-6-5-8(11)13-16-12-9(14)3-2-4-10(12)18-13/h2-7H,14H2,1H3. The van der Waals surface area contributed by atoms with E-state index in [0.29, 0.717) is 28.4 Å². The highest BCUT2D eigenvalue weighted by atomic mass is 16.5. The van der Waals surface area contributed by atoms with Gasteiger partial charge in [-0.15, -0.1) is 0 Å². The number of hydrogen-bond donors (Lipinski definition) is 1. The van der Waals surface area contributed by atoms with Crippen molar-refractivity contribution in [1.82, 2.24) is 9.97 Å². The van der Waals surface area contributed by atoms with Gasteiger partial charge in [-0.05, 0) is 18.2 Å². The van der Waals surface area contributed by atoms with Gasteiger partial charge in [0, 0.05) is 6.20 Å². The van der Waals surface area contributed by atoms with Crippen LogP contribution in [0.5, 0.6) is 5.75 Å². The van der Waals surface area contributed by atoms with Crippen LogP contribution in [-0.4, -0.2) is 17.1 Å². The first kappa shape index (κ1) is 10.6. The average Bonchev–Trinajstić information content (AvgIpc) is 2.84. The Balaban J connectivity index is 2.23. The number of nitrogens with zero attached hydrogens (tertiary/aromatic N) is 2. The van der Waals surface area contributed by atoms with Crippen molar-refractivity contribution in [3.63, 3.8) is 0 Å².